The number of rotatable bonds is 6. The summed E-state index contributed by atoms with van der Waals surface area (Å²) in [5.74, 6) is -2.20. The predicted molar refractivity (Wildman–Crippen MR) is 123 cm³/mol. The molecule has 0 aliphatic heterocycles. The molecule has 1 fully saturated rings. The number of esters is 1. The van der Waals surface area contributed by atoms with Crippen LogP contribution in [-0.4, -0.2) is 39.7 Å². The van der Waals surface area contributed by atoms with E-state index < -0.39 is 46.7 Å². The number of aromatic nitrogens is 2. The highest BCUT2D eigenvalue weighted by molar-refractivity contribution is 6.01. The Hall–Kier alpha value is -3.41. The number of primary amides is 1. The molecular weight excluding hydrogens is 479 g/mol. The maximum absolute atomic E-state index is 13.8. The van der Waals surface area contributed by atoms with Crippen LogP contribution in [0.5, 0.6) is 0 Å². The molecule has 2 aliphatic carbocycles. The van der Waals surface area contributed by atoms with Gasteiger partial charge in [0.25, 0.3) is 5.91 Å². The number of alkyl halides is 3. The molecule has 0 bridgehead atoms. The van der Waals surface area contributed by atoms with Crippen molar-refractivity contribution in [1.29, 1.82) is 0 Å². The Balaban J connectivity index is 1.74. The fourth-order valence-corrected chi connectivity index (χ4v) is 4.83. The number of ether oxygens (including phenoxy) is 1. The molecule has 12 heteroatoms. The number of carbonyl (C=O) groups is 3. The fourth-order valence-electron chi connectivity index (χ4n) is 4.83. The summed E-state index contributed by atoms with van der Waals surface area (Å²) in [6.07, 6.45) is -2.92. The van der Waals surface area contributed by atoms with E-state index in [2.05, 4.69) is 10.4 Å². The summed E-state index contributed by atoms with van der Waals surface area (Å²) in [5.41, 5.74) is 9.37. The van der Waals surface area contributed by atoms with Crippen molar-refractivity contribution in [2.24, 2.45) is 16.9 Å². The summed E-state index contributed by atoms with van der Waals surface area (Å²) in [6, 6.07) is 3.99. The highest BCUT2D eigenvalue weighted by Gasteiger charge is 2.45. The Labute approximate surface area is 205 Å². The van der Waals surface area contributed by atoms with Gasteiger partial charge in [0.2, 0.25) is 0 Å². The molecule has 1 saturated carbocycles. The number of nitrogens with zero attached hydrogens (tertiary/aromatic N) is 2. The van der Waals surface area contributed by atoms with E-state index in [-0.39, 0.29) is 41.6 Å². The van der Waals surface area contributed by atoms with E-state index in [1.807, 2.05) is 0 Å². The van der Waals surface area contributed by atoms with Crippen molar-refractivity contribution in [1.82, 2.24) is 9.78 Å². The van der Waals surface area contributed by atoms with Gasteiger partial charge in [-0.3, -0.25) is 9.59 Å². The van der Waals surface area contributed by atoms with Crippen LogP contribution in [0.1, 0.15) is 78.1 Å². The molecule has 0 radical (unpaired) electrons. The second kappa shape index (κ2) is 9.23. The first-order valence-corrected chi connectivity index (χ1v) is 11.7. The van der Waals surface area contributed by atoms with E-state index in [9.17, 15) is 27.6 Å². The van der Waals surface area contributed by atoms with Crippen molar-refractivity contribution < 1.29 is 32.3 Å². The molecule has 1 atom stereocenters. The minimum absolute atomic E-state index is 0.0232. The standard InChI is InChI=1S/C24H28F3N5O4/c1-23(2)10-16-18(17(33)11-23)19(24(25,26)27)31-32(16)12-7-8-14(21(29)34)15(9-12)30-20(28)22(35)36-13-5-3-4-6-13/h7-9,13,20,30H,3-6,10-11,28H2,1-2H3,(H2,29,34). The smallest absolute Gasteiger partial charge is 0.435 e. The first kappa shape index (κ1) is 25.7. The minimum atomic E-state index is -4.84. The zero-order valence-corrected chi connectivity index (χ0v) is 19.9. The Kier molecular flexibility index (Phi) is 6.58. The van der Waals surface area contributed by atoms with E-state index >= 15 is 0 Å². The maximum Gasteiger partial charge on any atom is 0.435 e. The van der Waals surface area contributed by atoms with Crippen molar-refractivity contribution in [3.63, 3.8) is 0 Å². The number of nitrogens with one attached hydrogen (secondary N) is 1. The third-order valence-electron chi connectivity index (χ3n) is 6.48. The summed E-state index contributed by atoms with van der Waals surface area (Å²) >= 11 is 0. The molecule has 194 valence electrons. The molecule has 1 heterocycles. The minimum Gasteiger partial charge on any atom is -0.460 e. The van der Waals surface area contributed by atoms with E-state index in [1.54, 1.807) is 13.8 Å². The van der Waals surface area contributed by atoms with Crippen LogP contribution in [0.25, 0.3) is 5.69 Å². The third-order valence-corrected chi connectivity index (χ3v) is 6.48. The number of anilines is 1. The molecular formula is C24H28F3N5O4. The molecule has 4 rings (SSSR count). The second-order valence-corrected chi connectivity index (χ2v) is 10.1. The Morgan fingerprint density at radius 3 is 2.50 bits per heavy atom. The zero-order chi connectivity index (χ0) is 26.4. The topological polar surface area (TPSA) is 142 Å². The third kappa shape index (κ3) is 5.08. The summed E-state index contributed by atoms with van der Waals surface area (Å²) in [7, 11) is 0. The quantitative estimate of drug-likeness (QED) is 0.402. The number of fused-ring (bicyclic) bond motifs is 1. The Morgan fingerprint density at radius 1 is 1.22 bits per heavy atom. The predicted octanol–water partition coefficient (Wildman–Crippen LogP) is 3.33. The monoisotopic (exact) mass is 507 g/mol. The largest absolute Gasteiger partial charge is 0.460 e. The normalized spacial score (nSPS) is 18.6. The first-order chi connectivity index (χ1) is 16.8. The van der Waals surface area contributed by atoms with Crippen LogP contribution >= 0.6 is 0 Å². The van der Waals surface area contributed by atoms with Gasteiger partial charge >= 0.3 is 12.1 Å². The van der Waals surface area contributed by atoms with Crippen LogP contribution in [0.4, 0.5) is 18.9 Å². The molecule has 2 aromatic rings. The van der Waals surface area contributed by atoms with E-state index in [4.69, 9.17) is 16.2 Å². The molecule has 2 aliphatic rings. The van der Waals surface area contributed by atoms with Gasteiger partial charge in [0, 0.05) is 6.42 Å². The van der Waals surface area contributed by atoms with E-state index in [0.717, 1.165) is 30.4 Å². The second-order valence-electron chi connectivity index (χ2n) is 10.1. The van der Waals surface area contributed by atoms with Crippen molar-refractivity contribution in [3.8, 4) is 5.69 Å². The molecule has 1 aromatic heterocycles. The summed E-state index contributed by atoms with van der Waals surface area (Å²) in [4.78, 5) is 37.1. The molecule has 36 heavy (non-hydrogen) atoms. The van der Waals surface area contributed by atoms with Gasteiger partial charge in [0.15, 0.2) is 17.6 Å². The molecule has 9 nitrogen and oxygen atoms in total. The van der Waals surface area contributed by atoms with Crippen LogP contribution < -0.4 is 16.8 Å². The van der Waals surface area contributed by atoms with Gasteiger partial charge in [0.05, 0.1) is 28.2 Å². The van der Waals surface area contributed by atoms with Gasteiger partial charge in [0.1, 0.15) is 6.10 Å². The maximum atomic E-state index is 13.8. The average Bonchev–Trinajstić information content (AvgIpc) is 3.40. The van der Waals surface area contributed by atoms with Crippen LogP contribution in [0.3, 0.4) is 0 Å². The van der Waals surface area contributed by atoms with Gasteiger partial charge < -0.3 is 21.5 Å². The van der Waals surface area contributed by atoms with Crippen LogP contribution in [0, 0.1) is 5.41 Å². The number of nitrogens with two attached hydrogens (primary N) is 2. The molecule has 5 N–H and O–H groups in total. The van der Waals surface area contributed by atoms with Crippen molar-refractivity contribution in [2.75, 3.05) is 5.32 Å². The van der Waals surface area contributed by atoms with Crippen LogP contribution in [0.2, 0.25) is 0 Å². The van der Waals surface area contributed by atoms with E-state index in [0.29, 0.717) is 0 Å². The first-order valence-electron chi connectivity index (χ1n) is 11.7. The summed E-state index contributed by atoms with van der Waals surface area (Å²) in [6.45, 7) is 3.58. The van der Waals surface area contributed by atoms with Gasteiger partial charge in [-0.15, -0.1) is 0 Å². The summed E-state index contributed by atoms with van der Waals surface area (Å²) < 4.78 is 47.8. The van der Waals surface area contributed by atoms with Crippen molar-refractivity contribution in [3.05, 3.63) is 40.7 Å². The van der Waals surface area contributed by atoms with Crippen LogP contribution in [-0.2, 0) is 22.1 Å². The number of hydrogen-bond acceptors (Lipinski definition) is 7. The number of carbonyl (C=O) groups excluding carboxylic acids is 3. The lowest BCUT2D eigenvalue weighted by Crippen LogP contribution is -2.41. The lowest BCUT2D eigenvalue weighted by molar-refractivity contribution is -0.149. The number of amides is 1. The van der Waals surface area contributed by atoms with Crippen LogP contribution in [0.15, 0.2) is 18.2 Å². The van der Waals surface area contributed by atoms with E-state index in [1.165, 1.54) is 18.2 Å². The highest BCUT2D eigenvalue weighted by atomic mass is 19.4. The molecule has 1 amide bonds. The molecule has 1 aromatic carbocycles. The number of halogens is 3. The van der Waals surface area contributed by atoms with Gasteiger partial charge in [-0.25, -0.2) is 9.48 Å². The zero-order valence-electron chi connectivity index (χ0n) is 19.9. The molecule has 1 unspecified atom stereocenters. The number of Topliss-reactive ketones (excluding diaryl/α,β-unsaturated/α-hetero) is 1. The van der Waals surface area contributed by atoms with Crippen molar-refractivity contribution in [2.45, 2.75) is 70.8 Å². The Morgan fingerprint density at radius 2 is 1.89 bits per heavy atom. The highest BCUT2D eigenvalue weighted by Crippen LogP contribution is 2.42. The fraction of sp³-hybridized carbons (Fsp3) is 0.500. The average molecular weight is 508 g/mol. The van der Waals surface area contributed by atoms with Gasteiger partial charge in [-0.2, -0.15) is 18.3 Å². The lowest BCUT2D eigenvalue weighted by atomic mass is 9.75. The number of ketones is 1. The van der Waals surface area contributed by atoms with Gasteiger partial charge in [-0.1, -0.05) is 13.8 Å². The number of benzene rings is 1. The molecule has 0 saturated heterocycles. The Bertz CT molecular complexity index is 1220. The SMILES string of the molecule is CC1(C)CC(=O)c2c(C(F)(F)F)nn(-c3ccc(C(N)=O)c(NC(N)C(=O)OC4CCCC4)c3)c2C1. The molecule has 0 spiro atoms. The van der Waals surface area contributed by atoms with Crippen molar-refractivity contribution >= 4 is 23.3 Å². The van der Waals surface area contributed by atoms with Gasteiger partial charge in [-0.05, 0) is 55.7 Å². The summed E-state index contributed by atoms with van der Waals surface area (Å²) in [5, 5.41) is 6.44. The number of hydrogen-bond donors (Lipinski definition) is 3. The lowest BCUT2D eigenvalue weighted by Gasteiger charge is -2.29.